The van der Waals surface area contributed by atoms with E-state index in [1.807, 2.05) is 6.07 Å². The minimum absolute atomic E-state index is 0.138. The molecular weight excluding hydrogens is 274 g/mol. The number of aryl methyl sites for hydroxylation is 1. The van der Waals surface area contributed by atoms with Crippen molar-refractivity contribution in [3.8, 4) is 0 Å². The molecule has 1 N–H and O–H groups in total. The molecule has 3 rings (SSSR count). The number of rotatable bonds is 4. The third kappa shape index (κ3) is 3.17. The molecule has 1 amide bonds. The maximum atomic E-state index is 12.4. The van der Waals surface area contributed by atoms with E-state index in [0.717, 1.165) is 38.0 Å². The average molecular weight is 299 g/mol. The van der Waals surface area contributed by atoms with Crippen LogP contribution < -0.4 is 5.32 Å². The van der Waals surface area contributed by atoms with Crippen LogP contribution in [0.15, 0.2) is 30.5 Å². The third-order valence-corrected chi connectivity index (χ3v) is 4.55. The highest BCUT2D eigenvalue weighted by atomic mass is 16.1. The van der Waals surface area contributed by atoms with Crippen molar-refractivity contribution in [2.45, 2.75) is 38.8 Å². The van der Waals surface area contributed by atoms with Gasteiger partial charge in [-0.3, -0.25) is 4.79 Å². The number of likely N-dealkylation sites (tertiary alicyclic amines) is 1. The minimum Gasteiger partial charge on any atom is -0.352 e. The molecule has 118 valence electrons. The standard InChI is InChI=1S/C18H25N3O/c1-3-21-12-14(16-8-4-5-9-17(16)21)11-18(22)19-15-7-6-10-20(2)13-15/h4-5,8-9,12,15H,3,6-7,10-11,13H2,1-2H3,(H,19,22)/t15-/m1/s1. The highest BCUT2D eigenvalue weighted by Gasteiger charge is 2.19. The maximum Gasteiger partial charge on any atom is 0.224 e. The van der Waals surface area contributed by atoms with E-state index >= 15 is 0 Å². The van der Waals surface area contributed by atoms with E-state index in [0.29, 0.717) is 12.5 Å². The van der Waals surface area contributed by atoms with Gasteiger partial charge in [0.25, 0.3) is 0 Å². The molecule has 1 aliphatic rings. The maximum absolute atomic E-state index is 12.4. The lowest BCUT2D eigenvalue weighted by atomic mass is 10.1. The van der Waals surface area contributed by atoms with Gasteiger partial charge in [-0.05, 0) is 45.0 Å². The second kappa shape index (κ2) is 6.53. The Morgan fingerprint density at radius 3 is 2.95 bits per heavy atom. The summed E-state index contributed by atoms with van der Waals surface area (Å²) in [6.07, 6.45) is 4.84. The number of hydrogen-bond acceptors (Lipinski definition) is 2. The molecule has 0 saturated carbocycles. The first-order valence-corrected chi connectivity index (χ1v) is 8.22. The van der Waals surface area contributed by atoms with Gasteiger partial charge >= 0.3 is 0 Å². The lowest BCUT2D eigenvalue weighted by Crippen LogP contribution is -2.46. The highest BCUT2D eigenvalue weighted by Crippen LogP contribution is 2.22. The summed E-state index contributed by atoms with van der Waals surface area (Å²) in [7, 11) is 2.12. The molecule has 4 nitrogen and oxygen atoms in total. The van der Waals surface area contributed by atoms with Gasteiger partial charge in [-0.25, -0.2) is 0 Å². The van der Waals surface area contributed by atoms with Crippen molar-refractivity contribution in [3.63, 3.8) is 0 Å². The number of nitrogens with one attached hydrogen (secondary N) is 1. The average Bonchev–Trinajstić information content (AvgIpc) is 2.85. The molecule has 4 heteroatoms. The van der Waals surface area contributed by atoms with Gasteiger partial charge < -0.3 is 14.8 Å². The molecule has 1 saturated heterocycles. The second-order valence-electron chi connectivity index (χ2n) is 6.30. The third-order valence-electron chi connectivity index (χ3n) is 4.55. The summed E-state index contributed by atoms with van der Waals surface area (Å²) in [6.45, 7) is 5.16. The number of aromatic nitrogens is 1. The zero-order chi connectivity index (χ0) is 15.5. The van der Waals surface area contributed by atoms with E-state index in [9.17, 15) is 4.79 Å². The normalized spacial score (nSPS) is 19.5. The Morgan fingerprint density at radius 1 is 1.36 bits per heavy atom. The van der Waals surface area contributed by atoms with Crippen LogP contribution >= 0.6 is 0 Å². The fraction of sp³-hybridized carbons (Fsp3) is 0.500. The lowest BCUT2D eigenvalue weighted by Gasteiger charge is -2.30. The molecule has 1 aromatic heterocycles. The predicted molar refractivity (Wildman–Crippen MR) is 90.0 cm³/mol. The first-order valence-electron chi connectivity index (χ1n) is 8.22. The SMILES string of the molecule is CCn1cc(CC(=O)N[C@@H]2CCCN(C)C2)c2ccccc21. The number of fused-ring (bicyclic) bond motifs is 1. The summed E-state index contributed by atoms with van der Waals surface area (Å²) in [5.41, 5.74) is 2.34. The largest absolute Gasteiger partial charge is 0.352 e. The Hall–Kier alpha value is -1.81. The van der Waals surface area contributed by atoms with Crippen LogP contribution in [0, 0.1) is 0 Å². The van der Waals surface area contributed by atoms with E-state index < -0.39 is 0 Å². The van der Waals surface area contributed by atoms with Crippen molar-refractivity contribution in [1.82, 2.24) is 14.8 Å². The number of amides is 1. The van der Waals surface area contributed by atoms with E-state index in [1.165, 1.54) is 10.9 Å². The van der Waals surface area contributed by atoms with Gasteiger partial charge in [0.05, 0.1) is 6.42 Å². The fourth-order valence-electron chi connectivity index (χ4n) is 3.46. The highest BCUT2D eigenvalue weighted by molar-refractivity contribution is 5.89. The van der Waals surface area contributed by atoms with E-state index in [2.05, 4.69) is 53.2 Å². The second-order valence-corrected chi connectivity index (χ2v) is 6.30. The Morgan fingerprint density at radius 2 is 2.18 bits per heavy atom. The van der Waals surface area contributed by atoms with Crippen molar-refractivity contribution in [3.05, 3.63) is 36.0 Å². The van der Waals surface area contributed by atoms with Gasteiger partial charge in [0.1, 0.15) is 0 Å². The number of hydrogen-bond donors (Lipinski definition) is 1. The summed E-state index contributed by atoms with van der Waals surface area (Å²) < 4.78 is 2.21. The van der Waals surface area contributed by atoms with Crippen LogP contribution in [-0.2, 0) is 17.8 Å². The molecule has 0 bridgehead atoms. The van der Waals surface area contributed by atoms with Crippen LogP contribution in [0.5, 0.6) is 0 Å². The molecule has 0 aliphatic carbocycles. The van der Waals surface area contributed by atoms with Crippen LogP contribution in [0.1, 0.15) is 25.3 Å². The van der Waals surface area contributed by atoms with Gasteiger partial charge in [0.15, 0.2) is 0 Å². The fourth-order valence-corrected chi connectivity index (χ4v) is 3.46. The van der Waals surface area contributed by atoms with E-state index in [1.54, 1.807) is 0 Å². The zero-order valence-corrected chi connectivity index (χ0v) is 13.5. The quantitative estimate of drug-likeness (QED) is 0.941. The topological polar surface area (TPSA) is 37.3 Å². The van der Waals surface area contributed by atoms with E-state index in [-0.39, 0.29) is 5.91 Å². The number of benzene rings is 1. The van der Waals surface area contributed by atoms with Crippen molar-refractivity contribution >= 4 is 16.8 Å². The summed E-state index contributed by atoms with van der Waals surface area (Å²) in [5, 5.41) is 4.39. The summed E-state index contributed by atoms with van der Waals surface area (Å²) in [5.74, 6) is 0.138. The molecule has 1 atom stereocenters. The zero-order valence-electron chi connectivity index (χ0n) is 13.5. The Bertz CT molecular complexity index is 661. The van der Waals surface area contributed by atoms with Gasteiger partial charge in [-0.2, -0.15) is 0 Å². The number of para-hydroxylation sites is 1. The van der Waals surface area contributed by atoms with Crippen molar-refractivity contribution < 1.29 is 4.79 Å². The molecular formula is C18H25N3O. The first-order chi connectivity index (χ1) is 10.7. The Kier molecular flexibility index (Phi) is 4.48. The predicted octanol–water partition coefficient (Wildman–Crippen LogP) is 2.41. The Labute approximate surface area is 132 Å². The number of likely N-dealkylation sites (N-methyl/N-ethyl adjacent to an activating group) is 1. The molecule has 22 heavy (non-hydrogen) atoms. The summed E-state index contributed by atoms with van der Waals surface area (Å²) in [4.78, 5) is 14.7. The molecule has 2 heterocycles. The molecule has 0 radical (unpaired) electrons. The van der Waals surface area contributed by atoms with Gasteiger partial charge in [-0.1, -0.05) is 18.2 Å². The summed E-state index contributed by atoms with van der Waals surface area (Å²) in [6, 6.07) is 8.62. The molecule has 0 spiro atoms. The molecule has 2 aromatic rings. The first kappa shape index (κ1) is 15.1. The molecule has 1 fully saturated rings. The van der Waals surface area contributed by atoms with E-state index in [4.69, 9.17) is 0 Å². The number of nitrogens with zero attached hydrogens (tertiary/aromatic N) is 2. The minimum atomic E-state index is 0.138. The van der Waals surface area contributed by atoms with Crippen LogP contribution in [0.2, 0.25) is 0 Å². The monoisotopic (exact) mass is 299 g/mol. The van der Waals surface area contributed by atoms with Crippen molar-refractivity contribution in [1.29, 1.82) is 0 Å². The molecule has 1 aliphatic heterocycles. The van der Waals surface area contributed by atoms with Crippen LogP contribution in [0.25, 0.3) is 10.9 Å². The van der Waals surface area contributed by atoms with Crippen LogP contribution in [0.3, 0.4) is 0 Å². The smallest absolute Gasteiger partial charge is 0.224 e. The number of carbonyl (C=O) groups excluding carboxylic acids is 1. The van der Waals surface area contributed by atoms with Crippen molar-refractivity contribution in [2.24, 2.45) is 0 Å². The van der Waals surface area contributed by atoms with Crippen LogP contribution in [-0.4, -0.2) is 41.6 Å². The number of piperidine rings is 1. The summed E-state index contributed by atoms with van der Waals surface area (Å²) >= 11 is 0. The van der Waals surface area contributed by atoms with Gasteiger partial charge in [-0.15, -0.1) is 0 Å². The lowest BCUT2D eigenvalue weighted by molar-refractivity contribution is -0.121. The Balaban J connectivity index is 1.71. The molecule has 0 unspecified atom stereocenters. The van der Waals surface area contributed by atoms with Gasteiger partial charge in [0, 0.05) is 36.2 Å². The number of carbonyl (C=O) groups is 1. The van der Waals surface area contributed by atoms with Crippen LogP contribution in [0.4, 0.5) is 0 Å². The van der Waals surface area contributed by atoms with Gasteiger partial charge in [0.2, 0.25) is 5.91 Å². The molecule has 1 aromatic carbocycles. The van der Waals surface area contributed by atoms with Crippen molar-refractivity contribution in [2.75, 3.05) is 20.1 Å².